The molecule has 1 N–H and O–H groups in total. The van der Waals surface area contributed by atoms with Gasteiger partial charge in [-0.3, -0.25) is 0 Å². The number of hydrogen-bond donors (Lipinski definition) is 1. The van der Waals surface area contributed by atoms with Crippen LogP contribution in [0.3, 0.4) is 0 Å². The van der Waals surface area contributed by atoms with Gasteiger partial charge in [-0.2, -0.15) is 4.98 Å². The van der Waals surface area contributed by atoms with Crippen LogP contribution in [-0.2, 0) is 6.42 Å². The quantitative estimate of drug-likeness (QED) is 0.726. The van der Waals surface area contributed by atoms with Gasteiger partial charge in [-0.05, 0) is 18.6 Å². The molecule has 0 aliphatic heterocycles. The van der Waals surface area contributed by atoms with Crippen LogP contribution in [0.15, 0.2) is 18.2 Å². The molecule has 25 heavy (non-hydrogen) atoms. The number of benzene rings is 1. The van der Waals surface area contributed by atoms with E-state index in [-0.39, 0.29) is 17.9 Å². The Bertz CT molecular complexity index is 924. The first-order chi connectivity index (χ1) is 11.7. The fourth-order valence-electron chi connectivity index (χ4n) is 2.29. The molecule has 0 saturated carbocycles. The van der Waals surface area contributed by atoms with Gasteiger partial charge in [0.05, 0.1) is 7.11 Å². The van der Waals surface area contributed by atoms with Gasteiger partial charge in [-0.15, -0.1) is 13.2 Å². The van der Waals surface area contributed by atoms with Crippen molar-refractivity contribution in [1.29, 1.82) is 0 Å². The minimum atomic E-state index is -4.88. The minimum Gasteiger partial charge on any atom is -0.480 e. The van der Waals surface area contributed by atoms with Crippen LogP contribution < -0.4 is 9.47 Å². The highest BCUT2D eigenvalue weighted by Crippen LogP contribution is 2.27. The molecule has 2 aromatic heterocycles. The number of nitrogens with zero attached hydrogens (tertiary/aromatic N) is 3. The summed E-state index contributed by atoms with van der Waals surface area (Å²) in [4.78, 5) is 15.5. The van der Waals surface area contributed by atoms with Gasteiger partial charge in [-0.25, -0.2) is 14.4 Å². The number of aromatic amines is 1. The summed E-state index contributed by atoms with van der Waals surface area (Å²) in [6, 6.07) is 2.90. The molecule has 10 heteroatoms. The van der Waals surface area contributed by atoms with Crippen molar-refractivity contribution >= 4 is 11.3 Å². The monoisotopic (exact) mass is 356 g/mol. The molecule has 0 aliphatic rings. The van der Waals surface area contributed by atoms with E-state index in [2.05, 4.69) is 24.7 Å². The lowest BCUT2D eigenvalue weighted by molar-refractivity contribution is -0.274. The molecule has 2 heterocycles. The Hall–Kier alpha value is -2.91. The first kappa shape index (κ1) is 16.9. The molecule has 0 radical (unpaired) electrons. The molecule has 0 amide bonds. The Balaban J connectivity index is 1.92. The van der Waals surface area contributed by atoms with Crippen LogP contribution in [0.4, 0.5) is 17.6 Å². The molecule has 132 valence electrons. The molecular weight excluding hydrogens is 344 g/mol. The summed E-state index contributed by atoms with van der Waals surface area (Å²) in [7, 11) is 1.38. The molecule has 6 nitrogen and oxygen atoms in total. The Labute approximate surface area is 138 Å². The Morgan fingerprint density at radius 1 is 1.16 bits per heavy atom. The van der Waals surface area contributed by atoms with Gasteiger partial charge in [0.1, 0.15) is 23.1 Å². The SMILES string of the molecule is COc1nc2nc(C)[nH]c2nc1Cc1ccc(OC(F)(F)F)cc1F. The van der Waals surface area contributed by atoms with Gasteiger partial charge >= 0.3 is 6.36 Å². The lowest BCUT2D eigenvalue weighted by Gasteiger charge is -2.11. The van der Waals surface area contributed by atoms with Crippen LogP contribution in [0.5, 0.6) is 11.6 Å². The van der Waals surface area contributed by atoms with Crippen LogP contribution in [0.2, 0.25) is 0 Å². The lowest BCUT2D eigenvalue weighted by Crippen LogP contribution is -2.17. The van der Waals surface area contributed by atoms with E-state index < -0.39 is 17.9 Å². The molecule has 0 atom stereocenters. The predicted molar refractivity (Wildman–Crippen MR) is 78.9 cm³/mol. The van der Waals surface area contributed by atoms with Crippen molar-refractivity contribution in [1.82, 2.24) is 19.9 Å². The standard InChI is InChI=1S/C15H12F4N4O2/c1-7-20-12-13(21-7)23-14(24-2)11(22-12)5-8-3-4-9(6-10(8)16)25-15(17,18)19/h3-4,6H,5H2,1-2H3,(H,20,21,22,23). The fraction of sp³-hybridized carbons (Fsp3) is 0.267. The van der Waals surface area contributed by atoms with Crippen molar-refractivity contribution in [3.8, 4) is 11.6 Å². The van der Waals surface area contributed by atoms with Crippen LogP contribution in [-0.4, -0.2) is 33.4 Å². The second kappa shape index (κ2) is 6.19. The Morgan fingerprint density at radius 3 is 2.56 bits per heavy atom. The Morgan fingerprint density at radius 2 is 1.92 bits per heavy atom. The van der Waals surface area contributed by atoms with E-state index in [0.29, 0.717) is 28.9 Å². The van der Waals surface area contributed by atoms with E-state index in [4.69, 9.17) is 4.74 Å². The van der Waals surface area contributed by atoms with Crippen molar-refractivity contribution in [3.63, 3.8) is 0 Å². The maximum Gasteiger partial charge on any atom is 0.573 e. The van der Waals surface area contributed by atoms with Gasteiger partial charge in [0, 0.05) is 12.5 Å². The number of imidazole rings is 1. The number of alkyl halides is 3. The minimum absolute atomic E-state index is 0.0255. The van der Waals surface area contributed by atoms with E-state index in [1.807, 2.05) is 0 Å². The zero-order valence-electron chi connectivity index (χ0n) is 13.1. The Kier molecular flexibility index (Phi) is 4.19. The van der Waals surface area contributed by atoms with Crippen LogP contribution in [0.1, 0.15) is 17.1 Å². The largest absolute Gasteiger partial charge is 0.573 e. The summed E-state index contributed by atoms with van der Waals surface area (Å²) in [5.74, 6) is -0.721. The van der Waals surface area contributed by atoms with Crippen molar-refractivity contribution in [2.45, 2.75) is 19.7 Å². The summed E-state index contributed by atoms with van der Waals surface area (Å²) in [6.07, 6.45) is -4.91. The summed E-state index contributed by atoms with van der Waals surface area (Å²) in [5.41, 5.74) is 1.21. The number of methoxy groups -OCH3 is 1. The van der Waals surface area contributed by atoms with E-state index in [9.17, 15) is 17.6 Å². The molecule has 0 saturated heterocycles. The highest BCUT2D eigenvalue weighted by Gasteiger charge is 2.31. The number of rotatable bonds is 4. The molecular formula is C15H12F4N4O2. The molecule has 0 aliphatic carbocycles. The summed E-state index contributed by atoms with van der Waals surface area (Å²) < 4.78 is 59.5. The number of aromatic nitrogens is 4. The topological polar surface area (TPSA) is 72.9 Å². The van der Waals surface area contributed by atoms with Crippen LogP contribution in [0.25, 0.3) is 11.3 Å². The highest BCUT2D eigenvalue weighted by molar-refractivity contribution is 5.66. The number of halogens is 4. The smallest absolute Gasteiger partial charge is 0.480 e. The molecule has 1 aromatic carbocycles. The maximum atomic E-state index is 14.1. The molecule has 3 rings (SSSR count). The summed E-state index contributed by atoms with van der Waals surface area (Å²) in [6.45, 7) is 1.73. The van der Waals surface area contributed by atoms with Crippen molar-refractivity contribution in [2.24, 2.45) is 0 Å². The number of ether oxygens (including phenoxy) is 2. The number of nitrogens with one attached hydrogen (secondary N) is 1. The number of aryl methyl sites for hydroxylation is 1. The average Bonchev–Trinajstić information content (AvgIpc) is 2.86. The third-order valence-corrected chi connectivity index (χ3v) is 3.30. The van der Waals surface area contributed by atoms with Gasteiger partial charge in [-0.1, -0.05) is 6.07 Å². The van der Waals surface area contributed by atoms with E-state index in [1.165, 1.54) is 13.2 Å². The fourth-order valence-corrected chi connectivity index (χ4v) is 2.29. The predicted octanol–water partition coefficient (Wildman–Crippen LogP) is 3.30. The van der Waals surface area contributed by atoms with E-state index in [0.717, 1.165) is 6.07 Å². The third kappa shape index (κ3) is 3.78. The average molecular weight is 356 g/mol. The molecule has 0 unspecified atom stereocenters. The summed E-state index contributed by atoms with van der Waals surface area (Å²) in [5, 5.41) is 0. The normalized spacial score (nSPS) is 11.8. The highest BCUT2D eigenvalue weighted by atomic mass is 19.4. The first-order valence-corrected chi connectivity index (χ1v) is 7.06. The van der Waals surface area contributed by atoms with E-state index in [1.54, 1.807) is 6.92 Å². The maximum absolute atomic E-state index is 14.1. The molecule has 0 spiro atoms. The molecule has 3 aromatic rings. The lowest BCUT2D eigenvalue weighted by atomic mass is 10.1. The number of H-pyrrole nitrogens is 1. The van der Waals surface area contributed by atoms with Gasteiger partial charge in [0.25, 0.3) is 0 Å². The third-order valence-electron chi connectivity index (χ3n) is 3.30. The second-order valence-electron chi connectivity index (χ2n) is 5.15. The van der Waals surface area contributed by atoms with Crippen molar-refractivity contribution in [2.75, 3.05) is 7.11 Å². The molecule has 0 bridgehead atoms. The summed E-state index contributed by atoms with van der Waals surface area (Å²) >= 11 is 0. The first-order valence-electron chi connectivity index (χ1n) is 7.06. The number of fused-ring (bicyclic) bond motifs is 1. The second-order valence-corrected chi connectivity index (χ2v) is 5.15. The van der Waals surface area contributed by atoms with Crippen LogP contribution >= 0.6 is 0 Å². The van der Waals surface area contributed by atoms with Crippen molar-refractivity contribution < 1.29 is 27.0 Å². The van der Waals surface area contributed by atoms with Crippen LogP contribution in [0, 0.1) is 12.7 Å². The zero-order valence-corrected chi connectivity index (χ0v) is 13.1. The van der Waals surface area contributed by atoms with Gasteiger partial charge in [0.15, 0.2) is 5.65 Å². The molecule has 0 fully saturated rings. The van der Waals surface area contributed by atoms with Gasteiger partial charge in [0.2, 0.25) is 11.5 Å². The van der Waals surface area contributed by atoms with Gasteiger partial charge < -0.3 is 14.5 Å². The van der Waals surface area contributed by atoms with Crippen molar-refractivity contribution in [3.05, 3.63) is 41.1 Å². The zero-order chi connectivity index (χ0) is 18.2. The number of hydrogen-bond acceptors (Lipinski definition) is 5. The van der Waals surface area contributed by atoms with E-state index >= 15 is 0 Å².